The van der Waals surface area contributed by atoms with Gasteiger partial charge in [0.2, 0.25) is 11.9 Å². The lowest BCUT2D eigenvalue weighted by Gasteiger charge is -2.21. The first kappa shape index (κ1) is 12.9. The summed E-state index contributed by atoms with van der Waals surface area (Å²) in [4.78, 5) is 15.2. The molecule has 1 N–H and O–H groups in total. The third kappa shape index (κ3) is 2.63. The number of methoxy groups -OCH3 is 1. The van der Waals surface area contributed by atoms with Crippen molar-refractivity contribution in [1.82, 2.24) is 15.0 Å². The van der Waals surface area contributed by atoms with E-state index in [4.69, 9.17) is 4.74 Å². The number of nitrogens with one attached hydrogen (secondary N) is 1. The zero-order valence-electron chi connectivity index (χ0n) is 11.5. The molecule has 1 aromatic rings. The van der Waals surface area contributed by atoms with Gasteiger partial charge in [0.1, 0.15) is 0 Å². The van der Waals surface area contributed by atoms with Crippen molar-refractivity contribution in [3.05, 3.63) is 0 Å². The minimum atomic E-state index is 0.364. The van der Waals surface area contributed by atoms with Gasteiger partial charge in [0, 0.05) is 19.1 Å². The number of hydrogen-bond donors (Lipinski definition) is 1. The molecule has 18 heavy (non-hydrogen) atoms. The van der Waals surface area contributed by atoms with E-state index in [-0.39, 0.29) is 0 Å². The molecule has 1 aromatic heterocycles. The molecule has 6 nitrogen and oxygen atoms in total. The van der Waals surface area contributed by atoms with Gasteiger partial charge in [-0.15, -0.1) is 0 Å². The van der Waals surface area contributed by atoms with E-state index in [2.05, 4.69) is 39.0 Å². The summed E-state index contributed by atoms with van der Waals surface area (Å²) in [6.07, 6.45) is 1.17. The molecular weight excluding hydrogens is 230 g/mol. The monoisotopic (exact) mass is 251 g/mol. The molecule has 0 saturated carbocycles. The fourth-order valence-corrected chi connectivity index (χ4v) is 2.38. The van der Waals surface area contributed by atoms with Crippen molar-refractivity contribution in [1.29, 1.82) is 0 Å². The van der Waals surface area contributed by atoms with E-state index < -0.39 is 0 Å². The van der Waals surface area contributed by atoms with Gasteiger partial charge in [-0.3, -0.25) is 0 Å². The van der Waals surface area contributed by atoms with Crippen molar-refractivity contribution in [2.24, 2.45) is 5.92 Å². The quantitative estimate of drug-likeness (QED) is 0.876. The Morgan fingerprint density at radius 2 is 2.11 bits per heavy atom. The van der Waals surface area contributed by atoms with Crippen LogP contribution in [0.4, 0.5) is 11.9 Å². The van der Waals surface area contributed by atoms with Crippen LogP contribution in [0.2, 0.25) is 0 Å². The van der Waals surface area contributed by atoms with Gasteiger partial charge in [0.25, 0.3) is 0 Å². The Bertz CT molecular complexity index is 411. The van der Waals surface area contributed by atoms with Crippen LogP contribution >= 0.6 is 0 Å². The molecule has 1 aliphatic rings. The summed E-state index contributed by atoms with van der Waals surface area (Å²) in [5, 5.41) is 3.10. The molecule has 0 aliphatic carbocycles. The van der Waals surface area contributed by atoms with Gasteiger partial charge in [-0.1, -0.05) is 6.92 Å². The van der Waals surface area contributed by atoms with Crippen LogP contribution in [-0.4, -0.2) is 41.2 Å². The highest BCUT2D eigenvalue weighted by atomic mass is 16.5. The van der Waals surface area contributed by atoms with E-state index in [1.165, 1.54) is 6.42 Å². The fraction of sp³-hybridized carbons (Fsp3) is 0.750. The number of rotatable bonds is 4. The van der Waals surface area contributed by atoms with Gasteiger partial charge in [-0.2, -0.15) is 15.0 Å². The van der Waals surface area contributed by atoms with Gasteiger partial charge >= 0.3 is 6.01 Å². The molecule has 1 aliphatic heterocycles. The Hall–Kier alpha value is -1.59. The molecule has 2 heterocycles. The summed E-state index contributed by atoms with van der Waals surface area (Å²) in [5.74, 6) is 1.95. The molecule has 2 atom stereocenters. The molecule has 100 valence electrons. The van der Waals surface area contributed by atoms with E-state index in [9.17, 15) is 0 Å². The van der Waals surface area contributed by atoms with Crippen molar-refractivity contribution in [3.63, 3.8) is 0 Å². The van der Waals surface area contributed by atoms with Crippen LogP contribution in [0.15, 0.2) is 0 Å². The van der Waals surface area contributed by atoms with Crippen molar-refractivity contribution in [2.45, 2.75) is 33.2 Å². The summed E-state index contributed by atoms with van der Waals surface area (Å²) >= 11 is 0. The second-order valence-electron chi connectivity index (χ2n) is 4.82. The van der Waals surface area contributed by atoms with Gasteiger partial charge in [0.15, 0.2) is 0 Å². The third-order valence-electron chi connectivity index (χ3n) is 3.16. The third-order valence-corrected chi connectivity index (χ3v) is 3.16. The van der Waals surface area contributed by atoms with Crippen molar-refractivity contribution in [3.8, 4) is 6.01 Å². The summed E-state index contributed by atoms with van der Waals surface area (Å²) < 4.78 is 5.13. The van der Waals surface area contributed by atoms with Crippen LogP contribution in [0, 0.1) is 5.92 Å². The summed E-state index contributed by atoms with van der Waals surface area (Å²) in [6.45, 7) is 8.22. The Morgan fingerprint density at radius 3 is 2.67 bits per heavy atom. The van der Waals surface area contributed by atoms with Crippen LogP contribution < -0.4 is 15.0 Å². The molecule has 0 spiro atoms. The minimum absolute atomic E-state index is 0.364. The van der Waals surface area contributed by atoms with Crippen molar-refractivity contribution < 1.29 is 4.74 Å². The molecule has 1 fully saturated rings. The molecule has 6 heteroatoms. The smallest absolute Gasteiger partial charge is 0.322 e. The van der Waals surface area contributed by atoms with Crippen LogP contribution in [0.25, 0.3) is 0 Å². The Labute approximate surface area is 108 Å². The maximum Gasteiger partial charge on any atom is 0.322 e. The predicted octanol–water partition coefficient (Wildman–Crippen LogP) is 1.55. The molecule has 2 unspecified atom stereocenters. The van der Waals surface area contributed by atoms with Crippen molar-refractivity contribution >= 4 is 11.9 Å². The highest BCUT2D eigenvalue weighted by Gasteiger charge is 2.28. The zero-order chi connectivity index (χ0) is 13.1. The highest BCUT2D eigenvalue weighted by Crippen LogP contribution is 2.27. The average Bonchev–Trinajstić information content (AvgIpc) is 2.68. The number of ether oxygens (including phenoxy) is 1. The van der Waals surface area contributed by atoms with E-state index >= 15 is 0 Å². The SMILES string of the molecule is CCNc1nc(OC)nc(N2CC(C)CC2C)n1. The number of anilines is 2. The number of nitrogens with zero attached hydrogens (tertiary/aromatic N) is 4. The lowest BCUT2D eigenvalue weighted by Crippen LogP contribution is -2.29. The Morgan fingerprint density at radius 1 is 1.33 bits per heavy atom. The Kier molecular flexibility index (Phi) is 3.84. The first-order chi connectivity index (χ1) is 8.63. The maximum atomic E-state index is 5.13. The van der Waals surface area contributed by atoms with Gasteiger partial charge in [0.05, 0.1) is 7.11 Å². The normalized spacial score (nSPS) is 23.2. The Balaban J connectivity index is 2.28. The average molecular weight is 251 g/mol. The molecule has 2 rings (SSSR count). The predicted molar refractivity (Wildman–Crippen MR) is 71.1 cm³/mol. The van der Waals surface area contributed by atoms with Gasteiger partial charge < -0.3 is 15.0 Å². The minimum Gasteiger partial charge on any atom is -0.467 e. The van der Waals surface area contributed by atoms with Crippen LogP contribution in [0.5, 0.6) is 6.01 Å². The molecule has 0 aromatic carbocycles. The largest absolute Gasteiger partial charge is 0.467 e. The van der Waals surface area contributed by atoms with Gasteiger partial charge in [-0.25, -0.2) is 0 Å². The van der Waals surface area contributed by atoms with E-state index in [0.717, 1.165) is 13.1 Å². The second-order valence-corrected chi connectivity index (χ2v) is 4.82. The van der Waals surface area contributed by atoms with E-state index in [1.807, 2.05) is 6.92 Å². The lowest BCUT2D eigenvalue weighted by molar-refractivity contribution is 0.378. The zero-order valence-corrected chi connectivity index (χ0v) is 11.5. The maximum absolute atomic E-state index is 5.13. The summed E-state index contributed by atoms with van der Waals surface area (Å²) in [6, 6.07) is 0.823. The standard InChI is InChI=1S/C12H21N5O/c1-5-13-10-14-11(16-12(15-10)18-4)17-7-8(2)6-9(17)3/h8-9H,5-7H2,1-4H3,(H,13,14,15,16). The van der Waals surface area contributed by atoms with Gasteiger partial charge in [-0.05, 0) is 26.2 Å². The lowest BCUT2D eigenvalue weighted by atomic mass is 10.1. The van der Waals surface area contributed by atoms with Crippen LogP contribution in [-0.2, 0) is 0 Å². The van der Waals surface area contributed by atoms with Crippen LogP contribution in [0.3, 0.4) is 0 Å². The van der Waals surface area contributed by atoms with Crippen LogP contribution in [0.1, 0.15) is 27.2 Å². The summed E-state index contributed by atoms with van der Waals surface area (Å²) in [7, 11) is 1.57. The first-order valence-corrected chi connectivity index (χ1v) is 6.44. The first-order valence-electron chi connectivity index (χ1n) is 6.44. The van der Waals surface area contributed by atoms with E-state index in [0.29, 0.717) is 29.9 Å². The topological polar surface area (TPSA) is 63.2 Å². The summed E-state index contributed by atoms with van der Waals surface area (Å²) in [5.41, 5.74) is 0. The molecule has 0 bridgehead atoms. The number of aromatic nitrogens is 3. The molecule has 0 radical (unpaired) electrons. The molecular formula is C12H21N5O. The fourth-order valence-electron chi connectivity index (χ4n) is 2.38. The second kappa shape index (κ2) is 5.37. The molecule has 1 saturated heterocycles. The van der Waals surface area contributed by atoms with Crippen molar-refractivity contribution in [2.75, 3.05) is 30.4 Å². The highest BCUT2D eigenvalue weighted by molar-refractivity contribution is 5.40. The molecule has 0 amide bonds. The van der Waals surface area contributed by atoms with E-state index in [1.54, 1.807) is 7.11 Å². The number of hydrogen-bond acceptors (Lipinski definition) is 6.